The number of fused-ring (bicyclic) bond motifs is 2. The molecule has 5 heterocycles. The lowest BCUT2D eigenvalue weighted by atomic mass is 9.89. The Bertz CT molecular complexity index is 3290. The SMILES string of the molecule is COc1cc(C[C@@H](O)[C@@H]2NC(=O)[C@@H]3C[C@@H](O)CN3C(=O)[C@H]([C@@H](C)O)NC(=O)[C@@H](NC(=O)c3ccc(-c4nnc(-c5ccc(N6CCN(CC7CCCCC7)CC6)cc5)s4)cc3)C[C@@H](O)CNC(=O)[C@@H]3[C@@H](O)[C@@H](C)CN3C(=O)[C@H]([C@H](O)CCNC(CO)CO)NC2=O)ccc1O.Cl.Cl. The molecule has 3 aromatic carbocycles. The van der Waals surface area contributed by atoms with Crippen LogP contribution in [-0.2, 0) is 35.2 Å². The second-order valence-corrected chi connectivity index (χ2v) is 26.6. The fourth-order valence-corrected chi connectivity index (χ4v) is 14.0. The van der Waals surface area contributed by atoms with Gasteiger partial charge in [-0.25, -0.2) is 0 Å². The Morgan fingerprint density at radius 1 is 0.722 bits per heavy atom. The number of aromatic hydroxyl groups is 1. The standard InChI is InChI=1S/C65H90N12O17S.2ClH/c1-35-30-77-55(56(35)86)61(91)67-29-44(81)27-46(68-57(87)39-10-12-40(13-11-39)62-72-73-63(95-62)41-14-16-43(17-15-41)75-23-21-74(22-24-75)31-37-7-5-4-6-8-37)58(88)69-52(36(2)80)64(92)76-32-45(82)28-47(76)59(89)70-53(50(85)25-38-9-18-48(83)51(26-38)94-3)60(90)71-54(65(77)93)49(84)19-20-66-42(33-78)34-79;;/h9-18,26,35-37,42,44-47,49-50,52-56,66,78-86H,4-8,19-25,27-34H2,1-3H3,(H,67,91)(H,68,87)(H,69,88)(H,70,89)(H,71,90);2*1H/t35-,36+,44+,45+,46-,47-,49+,50+,52-,53-,54-,55-,56-;;/m0../s1. The molecule has 29 nitrogen and oxygen atoms in total. The van der Waals surface area contributed by atoms with E-state index in [9.17, 15) is 79.5 Å². The van der Waals surface area contributed by atoms with E-state index in [2.05, 4.69) is 64.0 Å². The number of methoxy groups -OCH3 is 1. The number of β-amino-alcohol motifs (C(OH)–C–C–N with tert-alkyl or cyclic N) is 1. The van der Waals surface area contributed by atoms with Crippen LogP contribution in [0, 0.1) is 11.8 Å². The number of rotatable bonds is 19. The number of amides is 7. The maximum atomic E-state index is 15.0. The van der Waals surface area contributed by atoms with Gasteiger partial charge in [0.25, 0.3) is 5.91 Å². The molecule has 534 valence electrons. The number of benzene rings is 3. The molecule has 7 amide bonds. The first-order valence-electron chi connectivity index (χ1n) is 32.6. The predicted molar refractivity (Wildman–Crippen MR) is 361 cm³/mol. The molecule has 5 aliphatic rings. The average molecular weight is 1420 g/mol. The third-order valence-corrected chi connectivity index (χ3v) is 19.7. The zero-order valence-corrected chi connectivity index (χ0v) is 56.8. The van der Waals surface area contributed by atoms with Crippen molar-refractivity contribution in [2.45, 2.75) is 151 Å². The molecule has 5 fully saturated rings. The Balaban J connectivity index is 0.00000663. The van der Waals surface area contributed by atoms with E-state index < -0.39 is 172 Å². The van der Waals surface area contributed by atoms with Crippen LogP contribution in [0.25, 0.3) is 21.1 Å². The lowest BCUT2D eigenvalue weighted by Crippen LogP contribution is -2.64. The maximum absolute atomic E-state index is 15.0. The van der Waals surface area contributed by atoms with Crippen LogP contribution in [0.1, 0.15) is 81.1 Å². The van der Waals surface area contributed by atoms with Gasteiger partial charge >= 0.3 is 0 Å². The van der Waals surface area contributed by atoms with Crippen LogP contribution in [0.15, 0.2) is 66.7 Å². The summed E-state index contributed by atoms with van der Waals surface area (Å²) in [5, 5.41) is 124. The van der Waals surface area contributed by atoms with Gasteiger partial charge in [0.2, 0.25) is 35.4 Å². The number of phenols is 1. The molecule has 1 aliphatic carbocycles. The van der Waals surface area contributed by atoms with Crippen molar-refractivity contribution in [3.63, 3.8) is 0 Å². The van der Waals surface area contributed by atoms with E-state index >= 15 is 0 Å². The molecule has 13 atom stereocenters. The molecule has 0 unspecified atom stereocenters. The zero-order valence-electron chi connectivity index (χ0n) is 54.4. The molecule has 4 saturated heterocycles. The summed E-state index contributed by atoms with van der Waals surface area (Å²) in [5.74, 6) is -8.00. The molecular formula is C65H92Cl2N12O17S. The van der Waals surface area contributed by atoms with E-state index in [1.54, 1.807) is 12.1 Å². The fraction of sp³-hybridized carbons (Fsp3) is 0.585. The van der Waals surface area contributed by atoms with Crippen molar-refractivity contribution in [3.8, 4) is 32.6 Å². The van der Waals surface area contributed by atoms with Crippen molar-refractivity contribution < 1.29 is 84.3 Å². The number of hydrogen-bond donors (Lipinski definition) is 15. The number of aliphatic hydroxyl groups excluding tert-OH is 8. The van der Waals surface area contributed by atoms with Crippen LogP contribution in [0.5, 0.6) is 11.5 Å². The predicted octanol–water partition coefficient (Wildman–Crippen LogP) is -1.59. The zero-order chi connectivity index (χ0) is 68.2. The highest BCUT2D eigenvalue weighted by atomic mass is 35.5. The molecule has 1 aromatic heterocycles. The second kappa shape index (κ2) is 35.7. The maximum Gasteiger partial charge on any atom is 0.251 e. The number of carbonyl (C=O) groups excluding carboxylic acids is 7. The van der Waals surface area contributed by atoms with Crippen LogP contribution >= 0.6 is 36.2 Å². The van der Waals surface area contributed by atoms with E-state index in [4.69, 9.17) is 4.74 Å². The molecule has 15 N–H and O–H groups in total. The monoisotopic (exact) mass is 1410 g/mol. The van der Waals surface area contributed by atoms with Crippen molar-refractivity contribution >= 4 is 83.2 Å². The number of piperazine rings is 1. The van der Waals surface area contributed by atoms with Crippen LogP contribution < -0.4 is 41.5 Å². The second-order valence-electron chi connectivity index (χ2n) is 25.6. The first kappa shape index (κ1) is 77.4. The van der Waals surface area contributed by atoms with Crippen LogP contribution in [-0.4, -0.2) is 270 Å². The number of hydrogen-bond acceptors (Lipinski definition) is 23. The summed E-state index contributed by atoms with van der Waals surface area (Å²) in [6, 6.07) is 6.43. The van der Waals surface area contributed by atoms with Gasteiger partial charge in [-0.1, -0.05) is 55.7 Å². The third-order valence-electron chi connectivity index (χ3n) is 18.7. The largest absolute Gasteiger partial charge is 0.504 e. The molecule has 0 spiro atoms. The number of halogens is 2. The summed E-state index contributed by atoms with van der Waals surface area (Å²) in [6.07, 6.45) is -5.47. The van der Waals surface area contributed by atoms with E-state index in [-0.39, 0.29) is 67.0 Å². The quantitative estimate of drug-likeness (QED) is 0.0503. The molecule has 9 rings (SSSR count). The van der Waals surface area contributed by atoms with Crippen molar-refractivity contribution in [1.29, 1.82) is 0 Å². The number of nitrogens with zero attached hydrogens (tertiary/aromatic N) is 6. The number of aromatic nitrogens is 2. The number of anilines is 1. The molecule has 4 aliphatic heterocycles. The molecule has 97 heavy (non-hydrogen) atoms. The van der Waals surface area contributed by atoms with Gasteiger partial charge in [-0.2, -0.15) is 0 Å². The smallest absolute Gasteiger partial charge is 0.251 e. The highest BCUT2D eigenvalue weighted by molar-refractivity contribution is 7.17. The van der Waals surface area contributed by atoms with Crippen molar-refractivity contribution in [2.75, 3.05) is 84.1 Å². The average Bonchev–Trinajstić information content (AvgIpc) is 1.66. The lowest BCUT2D eigenvalue weighted by Gasteiger charge is -2.38. The van der Waals surface area contributed by atoms with Gasteiger partial charge in [-0.15, -0.1) is 35.0 Å². The number of aliphatic hydroxyl groups is 8. The minimum Gasteiger partial charge on any atom is -0.504 e. The van der Waals surface area contributed by atoms with E-state index in [0.717, 1.165) is 60.1 Å². The number of carbonyl (C=O) groups is 7. The van der Waals surface area contributed by atoms with Crippen LogP contribution in [0.3, 0.4) is 0 Å². The molecular weight excluding hydrogens is 1320 g/mol. The van der Waals surface area contributed by atoms with Gasteiger partial charge in [0.05, 0.1) is 63.0 Å². The van der Waals surface area contributed by atoms with Crippen molar-refractivity contribution in [2.24, 2.45) is 11.8 Å². The van der Waals surface area contributed by atoms with Crippen LogP contribution in [0.2, 0.25) is 0 Å². The van der Waals surface area contributed by atoms with E-state index in [1.807, 2.05) is 12.1 Å². The van der Waals surface area contributed by atoms with Gasteiger partial charge in [0.15, 0.2) is 11.5 Å². The van der Waals surface area contributed by atoms with Gasteiger partial charge in [-0.05, 0) is 92.7 Å². The minimum absolute atomic E-state index is 0. The van der Waals surface area contributed by atoms with Crippen molar-refractivity contribution in [3.05, 3.63) is 77.9 Å². The number of phenolic OH excluding ortho intramolecular Hbond substituents is 1. The Morgan fingerprint density at radius 3 is 1.97 bits per heavy atom. The summed E-state index contributed by atoms with van der Waals surface area (Å²) in [4.78, 5) is 109. The Labute approximate surface area is 578 Å². The first-order valence-corrected chi connectivity index (χ1v) is 33.4. The molecule has 0 radical (unpaired) electrons. The summed E-state index contributed by atoms with van der Waals surface area (Å²) in [6.45, 7) is 5.06. The topological polar surface area (TPSA) is 422 Å². The van der Waals surface area contributed by atoms with Gasteiger partial charge in [0, 0.05) is 99.9 Å². The Hall–Kier alpha value is -6.91. The van der Waals surface area contributed by atoms with Crippen molar-refractivity contribution in [1.82, 2.24) is 56.8 Å². The molecule has 1 saturated carbocycles. The number of nitrogens with one attached hydrogen (secondary N) is 6. The summed E-state index contributed by atoms with van der Waals surface area (Å²) < 4.78 is 5.22. The number of ether oxygens (including phenoxy) is 1. The van der Waals surface area contributed by atoms with Crippen LogP contribution in [0.4, 0.5) is 5.69 Å². The van der Waals surface area contributed by atoms with Gasteiger partial charge in [-0.3, -0.25) is 38.5 Å². The highest BCUT2D eigenvalue weighted by Crippen LogP contribution is 2.33. The molecule has 32 heteroatoms. The fourth-order valence-electron chi connectivity index (χ4n) is 13.1. The molecule has 0 bridgehead atoms. The summed E-state index contributed by atoms with van der Waals surface area (Å²) in [7, 11) is 1.27. The Kier molecular flexibility index (Phi) is 28.5. The third kappa shape index (κ3) is 19.5. The van der Waals surface area contributed by atoms with Gasteiger partial charge in [0.1, 0.15) is 46.3 Å². The highest BCUT2D eigenvalue weighted by Gasteiger charge is 2.50. The molecule has 4 aromatic rings. The Morgan fingerprint density at radius 2 is 1.34 bits per heavy atom. The summed E-state index contributed by atoms with van der Waals surface area (Å²) >= 11 is 1.35. The normalized spacial score (nSPS) is 26.2. The minimum atomic E-state index is -2.07. The van der Waals surface area contributed by atoms with Gasteiger partial charge < -0.3 is 97.3 Å². The first-order chi connectivity index (χ1) is 45.5. The summed E-state index contributed by atoms with van der Waals surface area (Å²) in [5.41, 5.74) is 2.93. The lowest BCUT2D eigenvalue weighted by molar-refractivity contribution is -0.147. The van der Waals surface area contributed by atoms with E-state index in [1.165, 1.54) is 94.4 Å². The van der Waals surface area contributed by atoms with E-state index in [0.29, 0.717) is 15.6 Å².